The third kappa shape index (κ3) is 2.68. The summed E-state index contributed by atoms with van der Waals surface area (Å²) in [5.41, 5.74) is 2.64. The molecule has 1 atom stereocenters. The molecule has 0 spiro atoms. The van der Waals surface area contributed by atoms with Crippen LogP contribution in [0.3, 0.4) is 0 Å². The number of carbonyl (C=O) groups excluding carboxylic acids is 1. The Morgan fingerprint density at radius 1 is 1.71 bits per heavy atom. The highest BCUT2D eigenvalue weighted by atomic mass is 16.3. The van der Waals surface area contributed by atoms with E-state index in [-0.39, 0.29) is 5.91 Å². The summed E-state index contributed by atoms with van der Waals surface area (Å²) in [6.45, 7) is 2.84. The van der Waals surface area contributed by atoms with Crippen LogP contribution >= 0.6 is 0 Å². The monoisotopic (exact) mass is 237 g/mol. The summed E-state index contributed by atoms with van der Waals surface area (Å²) in [5, 5.41) is 0. The zero-order valence-electron chi connectivity index (χ0n) is 10.3. The maximum Gasteiger partial charge on any atom is 0.268 e. The Morgan fingerprint density at radius 3 is 3.00 bits per heavy atom. The van der Waals surface area contributed by atoms with Crippen LogP contribution in [-0.2, 0) is 6.54 Å². The van der Waals surface area contributed by atoms with E-state index in [1.807, 2.05) is 0 Å². The molecule has 0 radical (unpaired) electrons. The summed E-state index contributed by atoms with van der Waals surface area (Å²) in [4.78, 5) is 13.7. The van der Waals surface area contributed by atoms with Crippen LogP contribution < -0.4 is 11.3 Å². The zero-order valence-corrected chi connectivity index (χ0v) is 10.3. The first-order valence-electron chi connectivity index (χ1n) is 5.91. The van der Waals surface area contributed by atoms with Gasteiger partial charge in [-0.05, 0) is 38.8 Å². The van der Waals surface area contributed by atoms with E-state index in [1.165, 1.54) is 19.1 Å². The van der Waals surface area contributed by atoms with Gasteiger partial charge in [-0.15, -0.1) is 0 Å². The number of hydrazine groups is 1. The molecular weight excluding hydrogens is 218 g/mol. The molecule has 1 saturated carbocycles. The number of rotatable bonds is 5. The average Bonchev–Trinajstić information content (AvgIpc) is 3.08. The predicted octanol–water partition coefficient (Wildman–Crippen LogP) is 1.11. The number of carbonyl (C=O) groups is 1. The minimum Gasteiger partial charge on any atom is -0.467 e. The normalized spacial score (nSPS) is 17.2. The Bertz CT molecular complexity index is 398. The van der Waals surface area contributed by atoms with Crippen molar-refractivity contribution in [1.82, 2.24) is 10.3 Å². The molecule has 0 aliphatic heterocycles. The topological polar surface area (TPSA) is 71.5 Å². The van der Waals surface area contributed by atoms with Crippen LogP contribution in [0, 0.1) is 5.92 Å². The molecule has 1 aliphatic carbocycles. The Labute approximate surface area is 101 Å². The fraction of sp³-hybridized carbons (Fsp3) is 0.583. The molecule has 94 valence electrons. The van der Waals surface area contributed by atoms with Crippen LogP contribution in [0.25, 0.3) is 0 Å². The van der Waals surface area contributed by atoms with Crippen LogP contribution in [-0.4, -0.2) is 23.9 Å². The van der Waals surface area contributed by atoms with Crippen LogP contribution in [0.5, 0.6) is 0 Å². The van der Waals surface area contributed by atoms with Gasteiger partial charge in [-0.2, -0.15) is 0 Å². The molecular formula is C12H19N3O2. The van der Waals surface area contributed by atoms with Gasteiger partial charge in [-0.1, -0.05) is 0 Å². The quantitative estimate of drug-likeness (QED) is 0.457. The van der Waals surface area contributed by atoms with E-state index in [2.05, 4.69) is 24.3 Å². The molecule has 1 fully saturated rings. The smallest absolute Gasteiger partial charge is 0.268 e. The molecule has 2 rings (SSSR count). The molecule has 1 amide bonds. The van der Waals surface area contributed by atoms with Crippen LogP contribution in [0.4, 0.5) is 0 Å². The first-order chi connectivity index (χ1) is 8.13. The number of furan rings is 1. The Morgan fingerprint density at radius 2 is 2.41 bits per heavy atom. The predicted molar refractivity (Wildman–Crippen MR) is 64.0 cm³/mol. The summed E-state index contributed by atoms with van der Waals surface area (Å²) in [6.07, 6.45) is 4.13. The van der Waals surface area contributed by atoms with Crippen LogP contribution in [0.1, 0.15) is 35.9 Å². The van der Waals surface area contributed by atoms with Gasteiger partial charge >= 0.3 is 0 Å². The molecule has 1 aliphatic rings. The van der Waals surface area contributed by atoms with Crippen molar-refractivity contribution in [2.75, 3.05) is 7.05 Å². The van der Waals surface area contributed by atoms with Gasteiger partial charge in [0, 0.05) is 6.04 Å². The number of nitrogens with two attached hydrogens (primary N) is 1. The number of hydrogen-bond acceptors (Lipinski definition) is 4. The molecule has 1 aromatic rings. The number of hydrogen-bond donors (Lipinski definition) is 2. The van der Waals surface area contributed by atoms with Crippen molar-refractivity contribution in [2.24, 2.45) is 11.8 Å². The van der Waals surface area contributed by atoms with Crippen molar-refractivity contribution in [3.05, 3.63) is 23.7 Å². The summed E-state index contributed by atoms with van der Waals surface area (Å²) in [5.74, 6) is 6.28. The van der Waals surface area contributed by atoms with E-state index in [9.17, 15) is 4.79 Å². The highest BCUT2D eigenvalue weighted by Gasteiger charge is 2.31. The van der Waals surface area contributed by atoms with Crippen LogP contribution in [0.15, 0.2) is 16.7 Å². The van der Waals surface area contributed by atoms with Crippen molar-refractivity contribution in [1.29, 1.82) is 0 Å². The van der Waals surface area contributed by atoms with Crippen molar-refractivity contribution < 1.29 is 9.21 Å². The van der Waals surface area contributed by atoms with Gasteiger partial charge in [0.15, 0.2) is 0 Å². The van der Waals surface area contributed by atoms with E-state index in [1.54, 1.807) is 6.07 Å². The van der Waals surface area contributed by atoms with E-state index < -0.39 is 0 Å². The summed E-state index contributed by atoms with van der Waals surface area (Å²) >= 11 is 0. The standard InChI is InChI=1S/C12H19N3O2/c1-8(9-3-4-9)15(2)7-11-10(5-6-17-11)12(16)14-13/h5-6,8-9H,3-4,7,13H2,1-2H3,(H,14,16). The lowest BCUT2D eigenvalue weighted by atomic mass is 10.1. The number of nitrogens with zero attached hydrogens (tertiary/aromatic N) is 1. The maximum atomic E-state index is 11.5. The minimum atomic E-state index is -0.304. The highest BCUT2D eigenvalue weighted by Crippen LogP contribution is 2.35. The minimum absolute atomic E-state index is 0.304. The second kappa shape index (κ2) is 4.89. The van der Waals surface area contributed by atoms with E-state index in [0.717, 1.165) is 5.92 Å². The van der Waals surface area contributed by atoms with Gasteiger partial charge in [0.2, 0.25) is 0 Å². The van der Waals surface area contributed by atoms with E-state index >= 15 is 0 Å². The Balaban J connectivity index is 2.02. The van der Waals surface area contributed by atoms with Crippen molar-refractivity contribution in [2.45, 2.75) is 32.4 Å². The number of nitrogens with one attached hydrogen (secondary N) is 1. The largest absolute Gasteiger partial charge is 0.467 e. The zero-order chi connectivity index (χ0) is 12.4. The molecule has 1 aromatic heterocycles. The van der Waals surface area contributed by atoms with Gasteiger partial charge in [-0.3, -0.25) is 15.1 Å². The second-order valence-electron chi connectivity index (χ2n) is 4.72. The molecule has 5 nitrogen and oxygen atoms in total. The Hall–Kier alpha value is -1.33. The van der Waals surface area contributed by atoms with Gasteiger partial charge < -0.3 is 4.42 Å². The van der Waals surface area contributed by atoms with Crippen molar-refractivity contribution in [3.8, 4) is 0 Å². The average molecular weight is 237 g/mol. The summed E-state index contributed by atoms with van der Waals surface area (Å²) < 4.78 is 5.35. The highest BCUT2D eigenvalue weighted by molar-refractivity contribution is 5.94. The first kappa shape index (κ1) is 12.1. The fourth-order valence-corrected chi connectivity index (χ4v) is 2.05. The van der Waals surface area contributed by atoms with Gasteiger partial charge in [0.25, 0.3) is 5.91 Å². The number of nitrogen functional groups attached to an aromatic ring is 1. The molecule has 5 heteroatoms. The van der Waals surface area contributed by atoms with Gasteiger partial charge in [0.1, 0.15) is 5.76 Å². The second-order valence-corrected chi connectivity index (χ2v) is 4.72. The molecule has 0 saturated heterocycles. The molecule has 1 heterocycles. The number of amides is 1. The first-order valence-corrected chi connectivity index (χ1v) is 5.91. The van der Waals surface area contributed by atoms with Crippen molar-refractivity contribution >= 4 is 5.91 Å². The summed E-state index contributed by atoms with van der Waals surface area (Å²) in [7, 11) is 2.05. The summed E-state index contributed by atoms with van der Waals surface area (Å²) in [6, 6.07) is 2.17. The lowest BCUT2D eigenvalue weighted by molar-refractivity contribution is 0.0949. The molecule has 17 heavy (non-hydrogen) atoms. The van der Waals surface area contributed by atoms with Crippen molar-refractivity contribution in [3.63, 3.8) is 0 Å². The maximum absolute atomic E-state index is 11.5. The Kier molecular flexibility index (Phi) is 3.49. The van der Waals surface area contributed by atoms with E-state index in [4.69, 9.17) is 10.3 Å². The lowest BCUT2D eigenvalue weighted by Crippen LogP contribution is -2.33. The molecule has 3 N–H and O–H groups in total. The van der Waals surface area contributed by atoms with Gasteiger partial charge in [-0.25, -0.2) is 5.84 Å². The molecule has 0 bridgehead atoms. The van der Waals surface area contributed by atoms with Crippen LogP contribution in [0.2, 0.25) is 0 Å². The van der Waals surface area contributed by atoms with Gasteiger partial charge in [0.05, 0.1) is 18.4 Å². The SMILES string of the molecule is CC(C1CC1)N(C)Cc1occc1C(=O)NN. The lowest BCUT2D eigenvalue weighted by Gasteiger charge is -2.23. The molecule has 1 unspecified atom stereocenters. The molecule has 0 aromatic carbocycles. The third-order valence-corrected chi connectivity index (χ3v) is 3.51. The van der Waals surface area contributed by atoms with E-state index in [0.29, 0.717) is 23.9 Å². The fourth-order valence-electron chi connectivity index (χ4n) is 2.05. The third-order valence-electron chi connectivity index (χ3n) is 3.51.